The highest BCUT2D eigenvalue weighted by atomic mass is 14.4. The maximum absolute atomic E-state index is 2.72. The van der Waals surface area contributed by atoms with Gasteiger partial charge in [0.05, 0.1) is 0 Å². The van der Waals surface area contributed by atoms with Crippen molar-refractivity contribution in [2.24, 2.45) is 0 Å². The summed E-state index contributed by atoms with van der Waals surface area (Å²) in [7, 11) is 0. The first-order valence-electron chi connectivity index (χ1n) is 34.8. The Labute approximate surface area is 511 Å². The van der Waals surface area contributed by atoms with Gasteiger partial charge in [0.2, 0.25) is 0 Å². The van der Waals surface area contributed by atoms with E-state index in [0.717, 1.165) is 51.4 Å². The Kier molecular flexibility index (Phi) is 13.8. The molecular weight excluding hydrogens is 1030 g/mol. The van der Waals surface area contributed by atoms with Crippen LogP contribution >= 0.6 is 0 Å². The second-order valence-electron chi connectivity index (χ2n) is 26.5. The summed E-state index contributed by atoms with van der Waals surface area (Å²) in [6.07, 6.45) is 22.7. The van der Waals surface area contributed by atoms with Crippen LogP contribution in [0.5, 0.6) is 0 Å². The fourth-order valence-electron chi connectivity index (χ4n) is 18.6. The highest BCUT2D eigenvalue weighted by molar-refractivity contribution is 6.30. The zero-order chi connectivity index (χ0) is 59.1. The molecule has 0 aliphatic heterocycles. The molecule has 15 rings (SSSR count). The Bertz CT molecular complexity index is 4920. The van der Waals surface area contributed by atoms with Gasteiger partial charge in [0.25, 0.3) is 0 Å². The summed E-state index contributed by atoms with van der Waals surface area (Å²) < 4.78 is 0. The van der Waals surface area contributed by atoms with Crippen molar-refractivity contribution in [1.29, 1.82) is 0 Å². The van der Waals surface area contributed by atoms with E-state index in [-0.39, 0.29) is 0 Å². The van der Waals surface area contributed by atoms with Crippen LogP contribution in [0.2, 0.25) is 0 Å². The Morgan fingerprint density at radius 3 is 0.651 bits per heavy atom. The van der Waals surface area contributed by atoms with Crippen molar-refractivity contribution in [3.63, 3.8) is 0 Å². The average Bonchev–Trinajstić information content (AvgIpc) is 1.52. The predicted molar refractivity (Wildman–Crippen MR) is 373 cm³/mol. The molecule has 11 aromatic rings. The van der Waals surface area contributed by atoms with Gasteiger partial charge >= 0.3 is 0 Å². The van der Waals surface area contributed by atoms with E-state index in [9.17, 15) is 0 Å². The third kappa shape index (κ3) is 7.40. The molecule has 0 radical (unpaired) electrons. The zero-order valence-electron chi connectivity index (χ0n) is 54.2. The molecule has 11 aromatic carbocycles. The number of aryl methyl sites for hydroxylation is 12. The first-order valence-corrected chi connectivity index (χ1v) is 34.8. The standard InChI is InChI=1S/C86H90/c1-13-25-29-47-41-67-51(17-5)75-59-33-37-63-79-55(21-9)71-45-73-57(23-11)81-65-39-35-61-77-53(19-7)69-43-49(31-27-15-3)50(32-28-16-4)44-70(69)54(20-8)78(77)62-36-40-66(86(65)84(61)62)82(81)58(24-12)74(73)46-72(71)56(22-10)80(79)64-38-34-60(83(59)85(63)64)76(75)52(18-6)68(67)42-48(47)30-26-14-2/h33-46H,13-32H2,1-12H3. The van der Waals surface area contributed by atoms with Crippen molar-refractivity contribution in [3.8, 4) is 44.5 Å². The van der Waals surface area contributed by atoms with Crippen LogP contribution in [0.1, 0.15) is 201 Å². The highest BCUT2D eigenvalue weighted by Gasteiger charge is 2.36. The fourth-order valence-corrected chi connectivity index (χ4v) is 18.6. The van der Waals surface area contributed by atoms with E-state index in [1.165, 1.54) is 250 Å². The Morgan fingerprint density at radius 1 is 0.221 bits per heavy atom. The molecule has 4 aliphatic rings. The minimum atomic E-state index is 0.989. The third-order valence-electron chi connectivity index (χ3n) is 22.4. The van der Waals surface area contributed by atoms with Crippen LogP contribution in [-0.2, 0) is 77.0 Å². The molecule has 0 amide bonds. The summed E-state index contributed by atoms with van der Waals surface area (Å²) >= 11 is 0. The summed E-state index contributed by atoms with van der Waals surface area (Å²) in [6.45, 7) is 28.8. The number of rotatable bonds is 20. The molecule has 86 heavy (non-hydrogen) atoms. The van der Waals surface area contributed by atoms with Crippen LogP contribution in [0.4, 0.5) is 0 Å². The van der Waals surface area contributed by atoms with Crippen LogP contribution in [0.3, 0.4) is 0 Å². The maximum Gasteiger partial charge on any atom is -0.00137 e. The largest absolute Gasteiger partial charge is 0.0654 e. The normalized spacial score (nSPS) is 12.9. The van der Waals surface area contributed by atoms with Crippen LogP contribution in [0, 0.1) is 41.7 Å². The summed E-state index contributed by atoms with van der Waals surface area (Å²) in [4.78, 5) is 0. The first kappa shape index (κ1) is 55.6. The van der Waals surface area contributed by atoms with Gasteiger partial charge < -0.3 is 0 Å². The topological polar surface area (TPSA) is 0 Å². The minimum absolute atomic E-state index is 0.989. The molecule has 0 spiro atoms. The lowest BCUT2D eigenvalue weighted by Gasteiger charge is -2.22. The monoisotopic (exact) mass is 1120 g/mol. The highest BCUT2D eigenvalue weighted by Crippen LogP contribution is 2.61. The molecular formula is C86H90. The van der Waals surface area contributed by atoms with Gasteiger partial charge in [-0.05, 0) is 333 Å². The molecule has 0 heteroatoms. The van der Waals surface area contributed by atoms with E-state index in [2.05, 4.69) is 168 Å². The Balaban J connectivity index is 0.996. The molecule has 0 saturated heterocycles. The van der Waals surface area contributed by atoms with Gasteiger partial charge in [-0.1, -0.05) is 182 Å². The van der Waals surface area contributed by atoms with Crippen molar-refractivity contribution < 1.29 is 0 Å². The summed E-state index contributed by atoms with van der Waals surface area (Å²) in [6, 6.07) is 36.7. The average molecular weight is 1120 g/mol. The molecule has 0 bridgehead atoms. The van der Waals surface area contributed by atoms with Crippen LogP contribution < -0.4 is 0 Å². The number of hydrogen-bond acceptors (Lipinski definition) is 0. The lowest BCUT2D eigenvalue weighted by Crippen LogP contribution is -2.02. The molecule has 0 heterocycles. The molecule has 0 N–H and O–H groups in total. The van der Waals surface area contributed by atoms with E-state index in [1.807, 2.05) is 0 Å². The van der Waals surface area contributed by atoms with E-state index in [0.29, 0.717) is 0 Å². The van der Waals surface area contributed by atoms with Crippen LogP contribution in [0.25, 0.3) is 109 Å². The maximum atomic E-state index is 2.72. The van der Waals surface area contributed by atoms with Crippen LogP contribution in [0.15, 0.2) is 84.9 Å². The van der Waals surface area contributed by atoms with Gasteiger partial charge in [0.15, 0.2) is 0 Å². The molecule has 0 aromatic heterocycles. The van der Waals surface area contributed by atoms with Crippen molar-refractivity contribution in [2.45, 2.75) is 212 Å². The second-order valence-corrected chi connectivity index (χ2v) is 26.5. The SMILES string of the molecule is CCCCc1cc2c(CC)c3c(c(CC)c2cc1CCCC)-c1ccc2c4c(ccc-3c14)-c1c-2c(CC)c2cc3c(CC)c4c(c(CC)c3cc2c1CC)=c1ccc2c3c(ccc=4c13)=c1c(CC)c3cc(CCCC)c(CCCC)cc3c(CC)c1=2. The molecule has 0 fully saturated rings. The number of benzene rings is 11. The molecule has 0 atom stereocenters. The van der Waals surface area contributed by atoms with E-state index in [1.54, 1.807) is 44.5 Å². The second kappa shape index (κ2) is 21.4. The molecule has 4 aliphatic carbocycles. The van der Waals surface area contributed by atoms with Gasteiger partial charge in [0.1, 0.15) is 0 Å². The summed E-state index contributed by atoms with van der Waals surface area (Å²) in [5, 5.41) is 29.8. The van der Waals surface area contributed by atoms with Gasteiger partial charge in [-0.2, -0.15) is 0 Å². The molecule has 0 unspecified atom stereocenters. The van der Waals surface area contributed by atoms with E-state index in [4.69, 9.17) is 0 Å². The fraction of sp³-hybridized carbons (Fsp3) is 0.372. The molecule has 0 saturated carbocycles. The third-order valence-corrected chi connectivity index (χ3v) is 22.4. The van der Waals surface area contributed by atoms with Gasteiger partial charge in [-0.25, -0.2) is 0 Å². The van der Waals surface area contributed by atoms with Gasteiger partial charge in [0, 0.05) is 0 Å². The minimum Gasteiger partial charge on any atom is -0.0654 e. The van der Waals surface area contributed by atoms with Crippen molar-refractivity contribution >= 4 is 64.6 Å². The number of unbranched alkanes of at least 4 members (excludes halogenated alkanes) is 4. The lowest BCUT2D eigenvalue weighted by molar-refractivity contribution is 0.759. The molecule has 0 nitrogen and oxygen atoms in total. The Hall–Kier alpha value is -7.02. The van der Waals surface area contributed by atoms with Crippen molar-refractivity contribution in [1.82, 2.24) is 0 Å². The lowest BCUT2D eigenvalue weighted by atomic mass is 9.82. The quantitative estimate of drug-likeness (QED) is 0.0667. The van der Waals surface area contributed by atoms with E-state index < -0.39 is 0 Å². The zero-order valence-corrected chi connectivity index (χ0v) is 54.2. The van der Waals surface area contributed by atoms with Crippen molar-refractivity contribution in [3.05, 3.63) is 193 Å². The summed E-state index contributed by atoms with van der Waals surface area (Å²) in [5.41, 5.74) is 30.6. The Morgan fingerprint density at radius 2 is 0.430 bits per heavy atom. The predicted octanol–water partition coefficient (Wildman–Crippen LogP) is 23.5. The summed E-state index contributed by atoms with van der Waals surface area (Å²) in [5.74, 6) is 0. The smallest absolute Gasteiger partial charge is 0.00137 e. The van der Waals surface area contributed by atoms with Crippen LogP contribution in [-0.4, -0.2) is 0 Å². The number of hydrogen-bond donors (Lipinski definition) is 0. The first-order chi connectivity index (χ1) is 42.2. The van der Waals surface area contributed by atoms with Gasteiger partial charge in [-0.15, -0.1) is 0 Å². The van der Waals surface area contributed by atoms with E-state index >= 15 is 0 Å². The molecule has 434 valence electrons. The number of fused-ring (bicyclic) bond motifs is 12. The van der Waals surface area contributed by atoms with Gasteiger partial charge in [-0.3, -0.25) is 0 Å². The van der Waals surface area contributed by atoms with Crippen molar-refractivity contribution in [2.75, 3.05) is 0 Å².